The van der Waals surface area contributed by atoms with E-state index < -0.39 is 11.9 Å². The van der Waals surface area contributed by atoms with Crippen LogP contribution in [0.25, 0.3) is 10.9 Å². The molecule has 1 saturated heterocycles. The Bertz CT molecular complexity index is 1420. The fraction of sp³-hybridized carbons (Fsp3) is 0.296. The van der Waals surface area contributed by atoms with Crippen molar-refractivity contribution in [3.63, 3.8) is 0 Å². The Morgan fingerprint density at radius 3 is 2.70 bits per heavy atom. The van der Waals surface area contributed by atoms with Gasteiger partial charge in [0.25, 0.3) is 5.91 Å². The molecule has 0 unspecified atom stereocenters. The van der Waals surface area contributed by atoms with Gasteiger partial charge in [0.05, 0.1) is 42.7 Å². The maximum Gasteiger partial charge on any atom is 0.254 e. The van der Waals surface area contributed by atoms with Crippen molar-refractivity contribution in [1.82, 2.24) is 25.1 Å². The number of ether oxygens (including phenoxy) is 1. The largest absolute Gasteiger partial charge is 0.383 e. The van der Waals surface area contributed by atoms with Gasteiger partial charge in [-0.15, -0.1) is 5.10 Å². The van der Waals surface area contributed by atoms with E-state index in [1.165, 1.54) is 18.3 Å². The van der Waals surface area contributed by atoms with Crippen molar-refractivity contribution in [2.45, 2.75) is 26.4 Å². The number of halogens is 1. The maximum absolute atomic E-state index is 14.7. The molecule has 2 N–H and O–H groups in total. The fourth-order valence-corrected chi connectivity index (χ4v) is 4.41. The third kappa shape index (κ3) is 5.19. The Morgan fingerprint density at radius 1 is 1.16 bits per heavy atom. The minimum Gasteiger partial charge on any atom is -0.383 e. The molecule has 0 radical (unpaired) electrons. The number of nitrogen functional groups attached to an aromatic ring is 1. The molecule has 0 bridgehead atoms. The van der Waals surface area contributed by atoms with E-state index in [2.05, 4.69) is 25.1 Å². The zero-order valence-corrected chi connectivity index (χ0v) is 20.8. The number of fused-ring (bicyclic) bond motifs is 1. The number of aryl methyl sites for hydroxylation is 1. The molecule has 10 heteroatoms. The van der Waals surface area contributed by atoms with Crippen molar-refractivity contribution in [3.05, 3.63) is 83.1 Å². The van der Waals surface area contributed by atoms with Crippen LogP contribution < -0.4 is 10.6 Å². The van der Waals surface area contributed by atoms with E-state index in [-0.39, 0.29) is 18.1 Å². The van der Waals surface area contributed by atoms with E-state index in [0.717, 1.165) is 29.9 Å². The van der Waals surface area contributed by atoms with Gasteiger partial charge in [-0.25, -0.2) is 9.37 Å². The lowest BCUT2D eigenvalue weighted by Crippen LogP contribution is -2.37. The first kappa shape index (κ1) is 24.5. The molecule has 4 aromatic rings. The number of nitrogens with zero attached hydrogens (tertiary/aromatic N) is 6. The summed E-state index contributed by atoms with van der Waals surface area (Å²) in [4.78, 5) is 26.1. The Kier molecular flexibility index (Phi) is 6.91. The van der Waals surface area contributed by atoms with Gasteiger partial charge < -0.3 is 20.3 Å². The number of nitrogens with two attached hydrogens (primary N) is 1. The van der Waals surface area contributed by atoms with Crippen molar-refractivity contribution in [3.8, 4) is 0 Å². The monoisotopic (exact) mass is 501 g/mol. The number of pyridine rings is 2. The number of carbonyl (C=O) groups is 1. The summed E-state index contributed by atoms with van der Waals surface area (Å²) in [5.41, 5.74) is 8.67. The van der Waals surface area contributed by atoms with Crippen LogP contribution in [-0.2, 0) is 11.3 Å². The number of hydrogen-bond acceptors (Lipinski definition) is 8. The van der Waals surface area contributed by atoms with Crippen LogP contribution in [0.2, 0.25) is 0 Å². The van der Waals surface area contributed by atoms with Crippen LogP contribution in [0.4, 0.5) is 16.0 Å². The molecule has 0 spiro atoms. The third-order valence-corrected chi connectivity index (χ3v) is 6.58. The van der Waals surface area contributed by atoms with Crippen molar-refractivity contribution in [2.24, 2.45) is 0 Å². The van der Waals surface area contributed by atoms with Gasteiger partial charge in [-0.2, -0.15) is 5.10 Å². The van der Waals surface area contributed by atoms with E-state index in [4.69, 9.17) is 10.5 Å². The number of amides is 1. The number of benzene rings is 1. The van der Waals surface area contributed by atoms with Gasteiger partial charge in [-0.3, -0.25) is 9.78 Å². The molecule has 0 aliphatic carbocycles. The van der Waals surface area contributed by atoms with Gasteiger partial charge in [0, 0.05) is 30.2 Å². The molecule has 1 amide bonds. The van der Waals surface area contributed by atoms with Crippen LogP contribution in [0, 0.1) is 12.7 Å². The second-order valence-corrected chi connectivity index (χ2v) is 9.06. The molecule has 9 nitrogen and oxygen atoms in total. The predicted octanol–water partition coefficient (Wildman–Crippen LogP) is 3.69. The van der Waals surface area contributed by atoms with E-state index in [0.29, 0.717) is 35.8 Å². The van der Waals surface area contributed by atoms with Crippen LogP contribution in [0.3, 0.4) is 0 Å². The lowest BCUT2D eigenvalue weighted by Gasteiger charge is -2.30. The number of hydrogen-bond donors (Lipinski definition) is 1. The van der Waals surface area contributed by atoms with Gasteiger partial charge in [-0.1, -0.05) is 0 Å². The number of aromatic nitrogens is 4. The highest BCUT2D eigenvalue weighted by atomic mass is 19.1. The lowest BCUT2D eigenvalue weighted by molar-refractivity contribution is 0.0664. The summed E-state index contributed by atoms with van der Waals surface area (Å²) in [7, 11) is 0. The van der Waals surface area contributed by atoms with Gasteiger partial charge >= 0.3 is 0 Å². The zero-order chi connectivity index (χ0) is 25.9. The summed E-state index contributed by atoms with van der Waals surface area (Å²) in [6.07, 6.45) is 1.52. The van der Waals surface area contributed by atoms with Gasteiger partial charge in [-0.05, 0) is 67.9 Å². The number of carbonyl (C=O) groups excluding carboxylic acids is 1. The van der Waals surface area contributed by atoms with Crippen LogP contribution in [0.15, 0.2) is 54.7 Å². The van der Waals surface area contributed by atoms with E-state index >= 15 is 0 Å². The van der Waals surface area contributed by atoms with Crippen molar-refractivity contribution < 1.29 is 13.9 Å². The molecule has 190 valence electrons. The minimum absolute atomic E-state index is 0.128. The van der Waals surface area contributed by atoms with Crippen molar-refractivity contribution in [2.75, 3.05) is 36.9 Å². The highest BCUT2D eigenvalue weighted by Gasteiger charge is 2.27. The second kappa shape index (κ2) is 10.4. The molecule has 1 fully saturated rings. The van der Waals surface area contributed by atoms with Crippen molar-refractivity contribution >= 4 is 28.4 Å². The van der Waals surface area contributed by atoms with Gasteiger partial charge in [0.1, 0.15) is 11.6 Å². The van der Waals surface area contributed by atoms with Crippen LogP contribution >= 0.6 is 0 Å². The first-order valence-electron chi connectivity index (χ1n) is 12.1. The summed E-state index contributed by atoms with van der Waals surface area (Å²) >= 11 is 0. The molecule has 1 aliphatic rings. The first-order valence-corrected chi connectivity index (χ1v) is 12.1. The standard InChI is InChI=1S/C27H28FN7O2/c1-17-14-20-15-19(5-7-23(20)31-26(17)29)27(36)35(18(2)25-22(28)4-3-9-30-25)16-21-6-8-24(33-32-21)34-10-12-37-13-11-34/h3-9,14-15,18H,10-13,16H2,1-2H3,(H2,29,31)/t18-/m1/s1. The highest BCUT2D eigenvalue weighted by Crippen LogP contribution is 2.27. The Hall–Kier alpha value is -4.18. The van der Waals surface area contributed by atoms with E-state index in [1.807, 2.05) is 25.1 Å². The molecule has 1 aromatic carbocycles. The molecule has 5 rings (SSSR count). The van der Waals surface area contributed by atoms with Crippen LogP contribution in [0.5, 0.6) is 0 Å². The first-order chi connectivity index (χ1) is 17.9. The summed E-state index contributed by atoms with van der Waals surface area (Å²) in [5, 5.41) is 9.54. The highest BCUT2D eigenvalue weighted by molar-refractivity contribution is 5.98. The number of rotatable bonds is 6. The molecular weight excluding hydrogens is 473 g/mol. The average Bonchev–Trinajstić information content (AvgIpc) is 2.92. The third-order valence-electron chi connectivity index (χ3n) is 6.58. The molecule has 37 heavy (non-hydrogen) atoms. The average molecular weight is 502 g/mol. The second-order valence-electron chi connectivity index (χ2n) is 9.06. The Labute approximate surface area is 214 Å². The van der Waals surface area contributed by atoms with E-state index in [1.54, 1.807) is 30.0 Å². The quantitative estimate of drug-likeness (QED) is 0.426. The molecule has 4 heterocycles. The SMILES string of the molecule is Cc1cc2cc(C(=O)N(Cc3ccc(N4CCOCC4)nn3)[C@H](C)c3ncccc3F)ccc2nc1N. The van der Waals surface area contributed by atoms with Crippen LogP contribution in [0.1, 0.15) is 40.3 Å². The summed E-state index contributed by atoms with van der Waals surface area (Å²) in [6.45, 7) is 6.54. The van der Waals surface area contributed by atoms with Gasteiger partial charge in [0.2, 0.25) is 0 Å². The van der Waals surface area contributed by atoms with Crippen LogP contribution in [-0.4, -0.2) is 57.3 Å². The summed E-state index contributed by atoms with van der Waals surface area (Å²) < 4.78 is 20.1. The minimum atomic E-state index is -0.656. The topological polar surface area (TPSA) is 110 Å². The van der Waals surface area contributed by atoms with Crippen molar-refractivity contribution in [1.29, 1.82) is 0 Å². The molecule has 3 aromatic heterocycles. The molecule has 1 atom stereocenters. The Morgan fingerprint density at radius 2 is 1.97 bits per heavy atom. The normalized spacial score (nSPS) is 14.5. The molecule has 1 aliphatic heterocycles. The lowest BCUT2D eigenvalue weighted by atomic mass is 10.1. The molecule has 0 saturated carbocycles. The fourth-order valence-electron chi connectivity index (χ4n) is 4.41. The predicted molar refractivity (Wildman–Crippen MR) is 138 cm³/mol. The smallest absolute Gasteiger partial charge is 0.254 e. The number of morpholine rings is 1. The summed E-state index contributed by atoms with van der Waals surface area (Å²) in [5.74, 6) is 0.445. The summed E-state index contributed by atoms with van der Waals surface area (Å²) in [6, 6.07) is 13.1. The zero-order valence-electron chi connectivity index (χ0n) is 20.8. The van der Waals surface area contributed by atoms with E-state index in [9.17, 15) is 9.18 Å². The van der Waals surface area contributed by atoms with Gasteiger partial charge in [0.15, 0.2) is 5.82 Å². The number of anilines is 2. The Balaban J connectivity index is 1.47. The molecular formula is C27H28FN7O2. The maximum atomic E-state index is 14.7.